The normalized spacial score (nSPS) is 33.1. The van der Waals surface area contributed by atoms with Crippen LogP contribution in [-0.2, 0) is 32.1 Å². The number of hydrogen-bond donors (Lipinski definition) is 7. The number of phenols is 1. The summed E-state index contributed by atoms with van der Waals surface area (Å²) in [5.74, 6) is -9.84. The minimum atomic E-state index is -2.82. The molecule has 1 aromatic rings. The zero-order chi connectivity index (χ0) is 29.9. The van der Waals surface area contributed by atoms with Gasteiger partial charge in [-0.25, -0.2) is 4.39 Å². The molecule has 0 radical (unpaired) electrons. The molecule has 0 aromatic heterocycles. The van der Waals surface area contributed by atoms with E-state index in [0.29, 0.717) is 0 Å². The van der Waals surface area contributed by atoms with E-state index < -0.39 is 98.8 Å². The number of carbonyl (C=O) groups is 4. The van der Waals surface area contributed by atoms with Crippen molar-refractivity contribution in [2.45, 2.75) is 49.6 Å². The molecule has 218 valence electrons. The molecule has 2 amide bonds. The number of aromatic hydroxyl groups is 1. The zero-order valence-electron chi connectivity index (χ0n) is 22.1. The highest BCUT2D eigenvalue weighted by atomic mass is 19.1. The van der Waals surface area contributed by atoms with E-state index in [2.05, 4.69) is 5.32 Å². The lowest BCUT2D eigenvalue weighted by Gasteiger charge is -2.50. The van der Waals surface area contributed by atoms with Gasteiger partial charge in [0.1, 0.15) is 22.9 Å². The summed E-state index contributed by atoms with van der Waals surface area (Å²) in [6, 6.07) is -2.03. The second kappa shape index (κ2) is 8.82. The standard InChI is InChI=1S/C27H29FN4O9/c1-31(2)19-12-4-8-3-10-15(20(34)14(8)23(37)27(12,41)24(38)16(22(19)36)25(29)39)21(35)18-11(17(10)28)7-32-6-9(33)5-13(32)26(40)30-18/h8-9,12-13,19,33-35,38,41H,3-7H2,1-2H3,(H2,29,39)(H,30,40)/t8-,9-,12-,13-,19-,27-/m0/s1. The quantitative estimate of drug-likeness (QED) is 0.168. The number of anilines is 1. The highest BCUT2D eigenvalue weighted by molar-refractivity contribution is 6.24. The fourth-order valence-electron chi connectivity index (χ4n) is 7.41. The van der Waals surface area contributed by atoms with E-state index in [4.69, 9.17) is 5.73 Å². The Morgan fingerprint density at radius 3 is 2.46 bits per heavy atom. The van der Waals surface area contributed by atoms with Gasteiger partial charge in [-0.2, -0.15) is 0 Å². The van der Waals surface area contributed by atoms with Gasteiger partial charge in [0.2, 0.25) is 11.7 Å². The molecule has 6 rings (SSSR count). The van der Waals surface area contributed by atoms with Crippen molar-refractivity contribution < 1.29 is 49.1 Å². The summed E-state index contributed by atoms with van der Waals surface area (Å²) in [5, 5.41) is 57.7. The van der Waals surface area contributed by atoms with Crippen LogP contribution in [0.4, 0.5) is 10.1 Å². The summed E-state index contributed by atoms with van der Waals surface area (Å²) >= 11 is 0. The predicted octanol–water partition coefficient (Wildman–Crippen LogP) is -1.01. The molecule has 5 aliphatic rings. The maximum absolute atomic E-state index is 16.2. The average Bonchev–Trinajstić information content (AvgIpc) is 3.19. The number of nitrogens with two attached hydrogens (primary N) is 1. The molecule has 2 aliphatic heterocycles. The molecule has 0 bridgehead atoms. The molecule has 1 aromatic carbocycles. The van der Waals surface area contributed by atoms with Crippen LogP contribution >= 0.6 is 0 Å². The molecule has 6 atom stereocenters. The first-order valence-corrected chi connectivity index (χ1v) is 13.1. The van der Waals surface area contributed by atoms with Gasteiger partial charge in [0.25, 0.3) is 5.91 Å². The van der Waals surface area contributed by atoms with Crippen LogP contribution in [0.3, 0.4) is 0 Å². The van der Waals surface area contributed by atoms with Crippen molar-refractivity contribution in [1.29, 1.82) is 0 Å². The van der Waals surface area contributed by atoms with Gasteiger partial charge >= 0.3 is 0 Å². The number of aliphatic hydroxyl groups excluding tert-OH is 3. The Labute approximate surface area is 232 Å². The third-order valence-electron chi connectivity index (χ3n) is 9.21. The monoisotopic (exact) mass is 572 g/mol. The van der Waals surface area contributed by atoms with E-state index in [1.165, 1.54) is 19.0 Å². The second-order valence-electron chi connectivity index (χ2n) is 11.7. The molecule has 14 heteroatoms. The molecule has 0 spiro atoms. The van der Waals surface area contributed by atoms with E-state index in [9.17, 15) is 44.7 Å². The highest BCUT2D eigenvalue weighted by Gasteiger charge is 2.64. The first kappa shape index (κ1) is 27.3. The summed E-state index contributed by atoms with van der Waals surface area (Å²) < 4.78 is 16.2. The van der Waals surface area contributed by atoms with Crippen LogP contribution < -0.4 is 11.1 Å². The maximum atomic E-state index is 16.2. The van der Waals surface area contributed by atoms with Crippen LogP contribution in [-0.4, -0.2) is 103 Å². The number of fused-ring (bicyclic) bond motifs is 5. The molecule has 2 fully saturated rings. The molecular weight excluding hydrogens is 543 g/mol. The summed E-state index contributed by atoms with van der Waals surface area (Å²) in [4.78, 5) is 55.0. The van der Waals surface area contributed by atoms with Crippen LogP contribution in [0.25, 0.3) is 5.76 Å². The van der Waals surface area contributed by atoms with Crippen molar-refractivity contribution in [3.05, 3.63) is 39.4 Å². The van der Waals surface area contributed by atoms with Gasteiger partial charge < -0.3 is 36.6 Å². The number of amides is 2. The van der Waals surface area contributed by atoms with Gasteiger partial charge in [-0.3, -0.25) is 29.0 Å². The first-order valence-electron chi connectivity index (χ1n) is 13.1. The van der Waals surface area contributed by atoms with Crippen molar-refractivity contribution in [1.82, 2.24) is 9.80 Å². The predicted molar refractivity (Wildman–Crippen MR) is 138 cm³/mol. The molecule has 2 heterocycles. The Balaban J connectivity index is 1.53. The molecule has 13 nitrogen and oxygen atoms in total. The number of aliphatic hydroxyl groups is 4. The Kier molecular flexibility index (Phi) is 5.88. The van der Waals surface area contributed by atoms with Crippen molar-refractivity contribution in [2.24, 2.45) is 17.6 Å². The van der Waals surface area contributed by atoms with Gasteiger partial charge in [-0.05, 0) is 39.3 Å². The number of nitrogens with zero attached hydrogens (tertiary/aromatic N) is 2. The molecule has 3 aliphatic carbocycles. The van der Waals surface area contributed by atoms with Crippen LogP contribution in [0, 0.1) is 17.7 Å². The van der Waals surface area contributed by atoms with Crippen molar-refractivity contribution in [2.75, 3.05) is 26.0 Å². The minimum absolute atomic E-state index is 0.0493. The second-order valence-corrected chi connectivity index (χ2v) is 11.7. The van der Waals surface area contributed by atoms with E-state index in [-0.39, 0.29) is 49.2 Å². The van der Waals surface area contributed by atoms with E-state index in [1.54, 1.807) is 4.90 Å². The third kappa shape index (κ3) is 3.47. The fourth-order valence-corrected chi connectivity index (χ4v) is 7.41. The number of phenolic OH excluding ortho intramolecular Hbond substituents is 1. The average molecular weight is 573 g/mol. The van der Waals surface area contributed by atoms with Crippen LogP contribution in [0.2, 0.25) is 0 Å². The van der Waals surface area contributed by atoms with Gasteiger partial charge in [0, 0.05) is 35.7 Å². The van der Waals surface area contributed by atoms with Crippen LogP contribution in [0.5, 0.6) is 5.75 Å². The van der Waals surface area contributed by atoms with E-state index in [0.717, 1.165) is 0 Å². The zero-order valence-corrected chi connectivity index (χ0v) is 22.1. The summed E-state index contributed by atoms with van der Waals surface area (Å²) in [5.41, 5.74) is 0.250. The number of carbonyl (C=O) groups excluding carboxylic acids is 4. The fraction of sp³-hybridized carbons (Fsp3) is 0.481. The van der Waals surface area contributed by atoms with Gasteiger partial charge in [0.05, 0.1) is 29.4 Å². The first-order chi connectivity index (χ1) is 19.2. The van der Waals surface area contributed by atoms with Crippen molar-refractivity contribution >= 4 is 34.8 Å². The minimum Gasteiger partial charge on any atom is -0.508 e. The number of likely N-dealkylation sites (N-methyl/N-ethyl adjacent to an activating group) is 1. The third-order valence-corrected chi connectivity index (χ3v) is 9.21. The Bertz CT molecular complexity index is 1530. The number of ketones is 2. The van der Waals surface area contributed by atoms with Gasteiger partial charge in [0.15, 0.2) is 17.1 Å². The van der Waals surface area contributed by atoms with Gasteiger partial charge in [-0.1, -0.05) is 0 Å². The lowest BCUT2D eigenvalue weighted by atomic mass is 9.57. The number of halogens is 1. The summed E-state index contributed by atoms with van der Waals surface area (Å²) in [7, 11) is 2.97. The Hall–Kier alpha value is -3.85. The van der Waals surface area contributed by atoms with Crippen molar-refractivity contribution in [3.8, 4) is 5.75 Å². The lowest BCUT2D eigenvalue weighted by Crippen LogP contribution is -2.65. The Morgan fingerprint density at radius 1 is 1.15 bits per heavy atom. The Morgan fingerprint density at radius 2 is 1.83 bits per heavy atom. The number of benzene rings is 1. The number of primary amides is 1. The van der Waals surface area contributed by atoms with Crippen LogP contribution in [0.1, 0.15) is 29.5 Å². The number of rotatable bonds is 2. The SMILES string of the molecule is CN(C)[C@@H]1C(=O)C(C(N)=O)=C(O)[C@@]2(O)C(=O)C3=C(O)c4c(O)c5c(c(F)c4C[C@H]3C[C@@H]12)CN1C[C@@H](O)C[C@H]1C(=O)N5. The number of Topliss-reactive ketones (excluding diaryl/α,β-unsaturated/α-hetero) is 2. The van der Waals surface area contributed by atoms with Crippen LogP contribution in [0.15, 0.2) is 16.9 Å². The van der Waals surface area contributed by atoms with E-state index in [1.807, 2.05) is 0 Å². The lowest BCUT2D eigenvalue weighted by molar-refractivity contribution is -0.153. The highest BCUT2D eigenvalue weighted by Crippen LogP contribution is 2.54. The molecule has 41 heavy (non-hydrogen) atoms. The maximum Gasteiger partial charge on any atom is 0.255 e. The van der Waals surface area contributed by atoms with Crippen molar-refractivity contribution in [3.63, 3.8) is 0 Å². The topological polar surface area (TPSA) is 214 Å². The smallest absolute Gasteiger partial charge is 0.255 e. The summed E-state index contributed by atoms with van der Waals surface area (Å²) in [6.45, 7) is 0.00328. The molecular formula is C27H29FN4O9. The van der Waals surface area contributed by atoms with Gasteiger partial charge in [-0.15, -0.1) is 0 Å². The molecule has 1 saturated heterocycles. The largest absolute Gasteiger partial charge is 0.508 e. The van der Waals surface area contributed by atoms with E-state index >= 15 is 4.39 Å². The molecule has 1 saturated carbocycles. The summed E-state index contributed by atoms with van der Waals surface area (Å²) in [6.07, 6.45) is -1.07. The number of nitrogens with one attached hydrogen (secondary N) is 1. The molecule has 0 unspecified atom stereocenters. The molecule has 8 N–H and O–H groups in total. The number of hydrogen-bond acceptors (Lipinski definition) is 11.